The van der Waals surface area contributed by atoms with E-state index in [9.17, 15) is 29.7 Å². The van der Waals surface area contributed by atoms with Gasteiger partial charge in [0.1, 0.15) is 11.8 Å². The summed E-state index contributed by atoms with van der Waals surface area (Å²) >= 11 is 2.50. The van der Waals surface area contributed by atoms with Gasteiger partial charge in [0.15, 0.2) is 0 Å². The number of fused-ring (bicyclic) bond motifs is 1. The van der Waals surface area contributed by atoms with Crippen LogP contribution in [0.4, 0.5) is 4.79 Å². The van der Waals surface area contributed by atoms with Gasteiger partial charge in [0.2, 0.25) is 5.91 Å². The summed E-state index contributed by atoms with van der Waals surface area (Å²) in [7, 11) is 0. The van der Waals surface area contributed by atoms with Crippen molar-refractivity contribution in [1.82, 2.24) is 9.88 Å². The second-order valence-electron chi connectivity index (χ2n) is 9.79. The first kappa shape index (κ1) is 27.6. The number of aliphatic hydroxyl groups excluding tert-OH is 2. The molecule has 3 aliphatic rings. The van der Waals surface area contributed by atoms with Gasteiger partial charge in [0.25, 0.3) is 0 Å². The first-order valence-corrected chi connectivity index (χ1v) is 14.1. The van der Waals surface area contributed by atoms with Crippen LogP contribution in [0.25, 0.3) is 6.08 Å². The standard InChI is InChI=1S/C25H32N2O8S2/c1-14(29)18-20-25(2,9-10-34-24(33)35-15-6-4-3-5-7-15)21(19(23(31)32)27(20)22(18)30)36-11-8-17-16(12-28)26-13-37-17/h8,11,13-15,18,20,28-29H,3-7,9-10,12H2,1-2H3,(H,31,32)/b11-8-/t14-,18-,20+,25?/m1/s1. The molecule has 202 valence electrons. The summed E-state index contributed by atoms with van der Waals surface area (Å²) in [5.74, 6) is -2.45. The maximum absolute atomic E-state index is 12.9. The van der Waals surface area contributed by atoms with Crippen LogP contribution in [0.15, 0.2) is 21.5 Å². The number of aromatic nitrogens is 1. The number of thioether (sulfide) groups is 1. The number of ether oxygens (including phenoxy) is 2. The Morgan fingerprint density at radius 2 is 2.08 bits per heavy atom. The SMILES string of the molecule is C[C@@H](O)[C@H]1C(=O)N2C(C(=O)O)=C(S/C=C\c3scnc3CO)C(C)(CCOC(=O)OC3CCCCC3)[C@H]12. The average Bonchev–Trinajstić information content (AvgIpc) is 3.39. The predicted molar refractivity (Wildman–Crippen MR) is 137 cm³/mol. The molecule has 1 aromatic heterocycles. The van der Waals surface area contributed by atoms with E-state index in [0.717, 1.165) is 48.7 Å². The number of carboxylic acid groups (broad SMARTS) is 1. The van der Waals surface area contributed by atoms with Crippen LogP contribution in [0.1, 0.15) is 62.9 Å². The number of amides is 1. The van der Waals surface area contributed by atoms with E-state index in [-0.39, 0.29) is 31.4 Å². The molecule has 1 aliphatic carbocycles. The molecule has 37 heavy (non-hydrogen) atoms. The lowest BCUT2D eigenvalue weighted by atomic mass is 9.68. The van der Waals surface area contributed by atoms with E-state index in [2.05, 4.69) is 4.98 Å². The summed E-state index contributed by atoms with van der Waals surface area (Å²) in [6.45, 7) is 3.10. The fraction of sp³-hybridized carbons (Fsp3) is 0.600. The number of nitrogens with zero attached hydrogens (tertiary/aromatic N) is 2. The molecule has 0 radical (unpaired) electrons. The minimum atomic E-state index is -1.24. The second-order valence-corrected chi connectivity index (χ2v) is 11.6. The van der Waals surface area contributed by atoms with Crippen molar-refractivity contribution in [3.63, 3.8) is 0 Å². The fourth-order valence-electron chi connectivity index (χ4n) is 5.47. The Kier molecular flexibility index (Phi) is 8.62. The summed E-state index contributed by atoms with van der Waals surface area (Å²) in [5.41, 5.74) is 1.11. The molecule has 3 N–H and O–H groups in total. The Bertz CT molecular complexity index is 1090. The molecule has 1 unspecified atom stereocenters. The van der Waals surface area contributed by atoms with Crippen LogP contribution in [0, 0.1) is 11.3 Å². The number of hydrogen-bond acceptors (Lipinski definition) is 10. The minimum Gasteiger partial charge on any atom is -0.477 e. The molecule has 1 saturated heterocycles. The molecule has 1 saturated carbocycles. The van der Waals surface area contributed by atoms with Gasteiger partial charge < -0.3 is 29.7 Å². The van der Waals surface area contributed by atoms with Crippen molar-refractivity contribution in [3.8, 4) is 0 Å². The molecule has 2 aliphatic heterocycles. The van der Waals surface area contributed by atoms with E-state index in [1.165, 1.54) is 23.2 Å². The highest BCUT2D eigenvalue weighted by molar-refractivity contribution is 8.06. The first-order chi connectivity index (χ1) is 17.7. The Morgan fingerprint density at radius 1 is 1.35 bits per heavy atom. The lowest BCUT2D eigenvalue weighted by Gasteiger charge is -2.50. The fourth-order valence-corrected chi connectivity index (χ4v) is 7.38. The molecule has 0 spiro atoms. The van der Waals surface area contributed by atoms with E-state index >= 15 is 0 Å². The molecule has 0 aromatic carbocycles. The van der Waals surface area contributed by atoms with Crippen LogP contribution >= 0.6 is 23.1 Å². The zero-order chi connectivity index (χ0) is 26.7. The lowest BCUT2D eigenvalue weighted by Crippen LogP contribution is -2.66. The van der Waals surface area contributed by atoms with Gasteiger partial charge in [-0.25, -0.2) is 14.6 Å². The number of aliphatic hydroxyl groups is 2. The minimum absolute atomic E-state index is 0.0305. The molecule has 1 amide bonds. The van der Waals surface area contributed by atoms with Gasteiger partial charge in [-0.15, -0.1) is 11.3 Å². The third-order valence-corrected chi connectivity index (χ3v) is 9.38. The number of carbonyl (C=O) groups excluding carboxylic acids is 2. The van der Waals surface area contributed by atoms with Crippen molar-refractivity contribution in [2.24, 2.45) is 11.3 Å². The van der Waals surface area contributed by atoms with Crippen molar-refractivity contribution in [3.05, 3.63) is 32.1 Å². The van der Waals surface area contributed by atoms with Crippen LogP contribution < -0.4 is 0 Å². The first-order valence-electron chi connectivity index (χ1n) is 12.4. The van der Waals surface area contributed by atoms with E-state index in [0.29, 0.717) is 10.6 Å². The van der Waals surface area contributed by atoms with Gasteiger partial charge >= 0.3 is 12.1 Å². The molecule has 4 atom stereocenters. The van der Waals surface area contributed by atoms with Crippen LogP contribution in [-0.4, -0.2) is 68.1 Å². The molecule has 0 bridgehead atoms. The zero-order valence-electron chi connectivity index (χ0n) is 20.8. The van der Waals surface area contributed by atoms with Crippen LogP contribution in [0.5, 0.6) is 0 Å². The molecule has 1 aromatic rings. The molecule has 3 heterocycles. The number of carbonyl (C=O) groups is 3. The zero-order valence-corrected chi connectivity index (χ0v) is 22.4. The topological polar surface area (TPSA) is 146 Å². The molecular formula is C25H32N2O8S2. The largest absolute Gasteiger partial charge is 0.508 e. The number of hydrogen-bond donors (Lipinski definition) is 3. The maximum atomic E-state index is 12.9. The van der Waals surface area contributed by atoms with Gasteiger partial charge in [0.05, 0.1) is 47.4 Å². The highest BCUT2D eigenvalue weighted by Crippen LogP contribution is 2.59. The lowest BCUT2D eigenvalue weighted by molar-refractivity contribution is -0.167. The molecule has 2 fully saturated rings. The second kappa shape index (κ2) is 11.5. The van der Waals surface area contributed by atoms with Crippen molar-refractivity contribution in [2.45, 2.75) is 77.2 Å². The van der Waals surface area contributed by atoms with Gasteiger partial charge in [-0.3, -0.25) is 4.79 Å². The van der Waals surface area contributed by atoms with Crippen molar-refractivity contribution in [2.75, 3.05) is 6.61 Å². The highest BCUT2D eigenvalue weighted by atomic mass is 32.2. The Hall–Kier alpha value is -2.41. The highest BCUT2D eigenvalue weighted by Gasteiger charge is 2.65. The Balaban J connectivity index is 1.54. The van der Waals surface area contributed by atoms with Crippen molar-refractivity contribution in [1.29, 1.82) is 0 Å². The van der Waals surface area contributed by atoms with Gasteiger partial charge in [0, 0.05) is 10.3 Å². The van der Waals surface area contributed by atoms with Gasteiger partial charge in [-0.1, -0.05) is 25.1 Å². The van der Waals surface area contributed by atoms with Crippen molar-refractivity contribution < 1.29 is 39.2 Å². The van der Waals surface area contributed by atoms with Gasteiger partial charge in [-0.05, 0) is 50.5 Å². The van der Waals surface area contributed by atoms with E-state index in [1.807, 2.05) is 6.92 Å². The summed E-state index contributed by atoms with van der Waals surface area (Å²) in [6, 6.07) is -0.587. The maximum Gasteiger partial charge on any atom is 0.508 e. The quantitative estimate of drug-likeness (QED) is 0.290. The Labute approximate surface area is 223 Å². The summed E-state index contributed by atoms with van der Waals surface area (Å²) in [5, 5.41) is 31.5. The summed E-state index contributed by atoms with van der Waals surface area (Å²) in [6.07, 6.45) is 4.90. The van der Waals surface area contributed by atoms with E-state index in [1.54, 1.807) is 17.0 Å². The molecular weight excluding hydrogens is 520 g/mol. The average molecular weight is 553 g/mol. The third-order valence-electron chi connectivity index (χ3n) is 7.37. The molecule has 4 rings (SSSR count). The third kappa shape index (κ3) is 5.43. The number of rotatable bonds is 10. The predicted octanol–water partition coefficient (Wildman–Crippen LogP) is 3.74. The number of β-lactam (4-membered cyclic amide) rings is 1. The smallest absolute Gasteiger partial charge is 0.477 e. The van der Waals surface area contributed by atoms with E-state index < -0.39 is 41.5 Å². The van der Waals surface area contributed by atoms with Crippen LogP contribution in [-0.2, 0) is 25.7 Å². The summed E-state index contributed by atoms with van der Waals surface area (Å²) in [4.78, 5) is 44.0. The number of aliphatic carboxylic acids is 1. The normalized spacial score (nSPS) is 26.8. The van der Waals surface area contributed by atoms with Crippen molar-refractivity contribution >= 4 is 47.2 Å². The van der Waals surface area contributed by atoms with Crippen LogP contribution in [0.2, 0.25) is 0 Å². The Morgan fingerprint density at radius 3 is 2.73 bits per heavy atom. The monoisotopic (exact) mass is 552 g/mol. The molecule has 10 nitrogen and oxygen atoms in total. The summed E-state index contributed by atoms with van der Waals surface area (Å²) < 4.78 is 10.8. The van der Waals surface area contributed by atoms with Gasteiger partial charge in [-0.2, -0.15) is 0 Å². The molecule has 12 heteroatoms. The van der Waals surface area contributed by atoms with Crippen LogP contribution in [0.3, 0.4) is 0 Å². The van der Waals surface area contributed by atoms with E-state index in [4.69, 9.17) is 9.47 Å². The number of carboxylic acids is 1. The number of thiazole rings is 1.